The zero-order valence-corrected chi connectivity index (χ0v) is 10.7. The monoisotopic (exact) mass is 273 g/mol. The fourth-order valence-corrected chi connectivity index (χ4v) is 1.41. The molecule has 20 heavy (non-hydrogen) atoms. The van der Waals surface area contributed by atoms with Crippen LogP contribution in [0.3, 0.4) is 0 Å². The van der Waals surface area contributed by atoms with E-state index in [4.69, 9.17) is 10.5 Å². The van der Waals surface area contributed by atoms with Crippen LogP contribution in [0.4, 0.5) is 0 Å². The van der Waals surface area contributed by atoms with Crippen LogP contribution in [0.1, 0.15) is 11.1 Å². The molecule has 7 nitrogen and oxygen atoms in total. The molecule has 0 aliphatic heterocycles. The lowest BCUT2D eigenvalue weighted by molar-refractivity contribution is -0.124. The number of aliphatic hydroxyl groups excluding tert-OH is 1. The summed E-state index contributed by atoms with van der Waals surface area (Å²) in [6, 6.07) is 5.19. The summed E-state index contributed by atoms with van der Waals surface area (Å²) in [5, 5.41) is 46.5. The van der Waals surface area contributed by atoms with Gasteiger partial charge in [-0.2, -0.15) is 10.5 Å². The van der Waals surface area contributed by atoms with Crippen LogP contribution in [0, 0.1) is 22.7 Å². The van der Waals surface area contributed by atoms with Crippen molar-refractivity contribution in [3.05, 3.63) is 28.8 Å². The molecule has 0 aromatic heterocycles. The van der Waals surface area contributed by atoms with E-state index in [-0.39, 0.29) is 11.1 Å². The van der Waals surface area contributed by atoms with Gasteiger partial charge in [0.15, 0.2) is 17.1 Å². The minimum absolute atomic E-state index is 0.122. The number of hydrogen-bond donors (Lipinski definition) is 3. The molecule has 0 unspecified atom stereocenters. The van der Waals surface area contributed by atoms with E-state index in [1.54, 1.807) is 12.1 Å². The van der Waals surface area contributed by atoms with Crippen LogP contribution in [0.5, 0.6) is 11.5 Å². The number of hydrogen-bond acceptors (Lipinski definition) is 6. The molecule has 3 N–H and O–H groups in total. The molecule has 0 saturated carbocycles. The van der Waals surface area contributed by atoms with Crippen LogP contribution >= 0.6 is 0 Å². The molecule has 0 atom stereocenters. The maximum absolute atomic E-state index is 11.7. The minimum atomic E-state index is -0.726. The summed E-state index contributed by atoms with van der Waals surface area (Å²) in [5.41, 5.74) is -0.950. The van der Waals surface area contributed by atoms with Crippen molar-refractivity contribution in [1.29, 1.82) is 10.5 Å². The van der Waals surface area contributed by atoms with E-state index in [0.717, 1.165) is 17.0 Å². The summed E-state index contributed by atoms with van der Waals surface area (Å²) < 4.78 is 0. The summed E-state index contributed by atoms with van der Waals surface area (Å²) in [6.07, 6.45) is 0. The van der Waals surface area contributed by atoms with Gasteiger partial charge in [-0.05, 0) is 12.1 Å². The number of rotatable bonds is 2. The zero-order valence-electron chi connectivity index (χ0n) is 10.7. The number of likely N-dealkylation sites (N-methyl/N-ethyl adjacent to an activating group) is 1. The maximum Gasteiger partial charge on any atom is 0.267 e. The lowest BCUT2D eigenvalue weighted by Gasteiger charge is -2.11. The Bertz CT molecular complexity index is 678. The highest BCUT2D eigenvalue weighted by molar-refractivity contribution is 6.03. The lowest BCUT2D eigenvalue weighted by Crippen LogP contribution is -2.23. The van der Waals surface area contributed by atoms with Crippen LogP contribution < -0.4 is 0 Å². The van der Waals surface area contributed by atoms with Gasteiger partial charge in [0.25, 0.3) is 5.91 Å². The molecule has 0 heterocycles. The molecule has 1 rings (SSSR count). The quantitative estimate of drug-likeness (QED) is 0.317. The van der Waals surface area contributed by atoms with E-state index in [2.05, 4.69) is 0 Å². The topological polar surface area (TPSA) is 129 Å². The highest BCUT2D eigenvalue weighted by atomic mass is 16.3. The van der Waals surface area contributed by atoms with Crippen molar-refractivity contribution in [2.45, 2.75) is 0 Å². The summed E-state index contributed by atoms with van der Waals surface area (Å²) in [4.78, 5) is 12.8. The zero-order chi connectivity index (χ0) is 15.4. The van der Waals surface area contributed by atoms with E-state index in [9.17, 15) is 20.1 Å². The maximum atomic E-state index is 11.7. The molecule has 0 spiro atoms. The average Bonchev–Trinajstić information content (AvgIpc) is 2.41. The SMILES string of the molecule is CN(C)C(=O)/C(C#N)=C(\O)c1cc(O)c(O)c(C#N)c1. The van der Waals surface area contributed by atoms with Gasteiger partial charge in [-0.3, -0.25) is 4.79 Å². The first-order valence-corrected chi connectivity index (χ1v) is 5.34. The average molecular weight is 273 g/mol. The van der Waals surface area contributed by atoms with Crippen molar-refractivity contribution in [3.63, 3.8) is 0 Å². The normalized spacial score (nSPS) is 11.0. The molecule has 1 amide bonds. The first kappa shape index (κ1) is 14.9. The summed E-state index contributed by atoms with van der Waals surface area (Å²) in [7, 11) is 2.81. The Morgan fingerprint density at radius 2 is 1.85 bits per heavy atom. The molecular formula is C13H11N3O4. The molecular weight excluding hydrogens is 262 g/mol. The fraction of sp³-hybridized carbons (Fsp3) is 0.154. The number of nitrogens with zero attached hydrogens (tertiary/aromatic N) is 3. The number of carbonyl (C=O) groups is 1. The van der Waals surface area contributed by atoms with Gasteiger partial charge in [0.2, 0.25) is 0 Å². The van der Waals surface area contributed by atoms with E-state index < -0.39 is 28.7 Å². The molecule has 0 aliphatic rings. The number of benzene rings is 1. The Labute approximate surface area is 114 Å². The number of phenolic OH excluding ortho intramolecular Hbond substituents is 2. The van der Waals surface area contributed by atoms with Gasteiger partial charge in [0.05, 0.1) is 5.56 Å². The number of amides is 1. The predicted molar refractivity (Wildman–Crippen MR) is 68.3 cm³/mol. The third-order valence-electron chi connectivity index (χ3n) is 2.45. The number of aromatic hydroxyl groups is 2. The van der Waals surface area contributed by atoms with Gasteiger partial charge >= 0.3 is 0 Å². The van der Waals surface area contributed by atoms with Crippen LogP contribution in [0.15, 0.2) is 17.7 Å². The third-order valence-corrected chi connectivity index (χ3v) is 2.45. The lowest BCUT2D eigenvalue weighted by atomic mass is 10.0. The Morgan fingerprint density at radius 1 is 1.25 bits per heavy atom. The summed E-state index contributed by atoms with van der Waals surface area (Å²) >= 11 is 0. The standard InChI is InChI=1S/C13H11N3O4/c1-16(2)13(20)9(6-15)11(18)7-3-8(5-14)12(19)10(17)4-7/h3-4,17-19H,1-2H3/b11-9-. The van der Waals surface area contributed by atoms with Crippen molar-refractivity contribution in [3.8, 4) is 23.6 Å². The number of nitriles is 2. The second kappa shape index (κ2) is 5.63. The number of aliphatic hydroxyl groups is 1. The first-order valence-electron chi connectivity index (χ1n) is 5.34. The van der Waals surface area contributed by atoms with Crippen LogP contribution in [-0.4, -0.2) is 40.2 Å². The minimum Gasteiger partial charge on any atom is -0.506 e. The smallest absolute Gasteiger partial charge is 0.267 e. The number of carbonyl (C=O) groups excluding carboxylic acids is 1. The van der Waals surface area contributed by atoms with Crippen molar-refractivity contribution < 1.29 is 20.1 Å². The highest BCUT2D eigenvalue weighted by Crippen LogP contribution is 2.32. The molecule has 1 aromatic carbocycles. The van der Waals surface area contributed by atoms with Gasteiger partial charge in [0.1, 0.15) is 17.9 Å². The van der Waals surface area contributed by atoms with Gasteiger partial charge in [0, 0.05) is 19.7 Å². The van der Waals surface area contributed by atoms with Crippen molar-refractivity contribution in [1.82, 2.24) is 4.90 Å². The Morgan fingerprint density at radius 3 is 2.30 bits per heavy atom. The van der Waals surface area contributed by atoms with Crippen molar-refractivity contribution in [2.24, 2.45) is 0 Å². The Balaban J connectivity index is 3.52. The highest BCUT2D eigenvalue weighted by Gasteiger charge is 2.20. The van der Waals surface area contributed by atoms with Crippen molar-refractivity contribution >= 4 is 11.7 Å². The Hall–Kier alpha value is -3.19. The molecule has 0 aliphatic carbocycles. The van der Waals surface area contributed by atoms with E-state index in [1.807, 2.05) is 0 Å². The first-order chi connectivity index (χ1) is 9.33. The van der Waals surface area contributed by atoms with E-state index >= 15 is 0 Å². The second-order valence-corrected chi connectivity index (χ2v) is 4.04. The van der Waals surface area contributed by atoms with Gasteiger partial charge in [-0.15, -0.1) is 0 Å². The molecule has 0 saturated heterocycles. The predicted octanol–water partition coefficient (Wildman–Crippen LogP) is 0.850. The fourth-order valence-electron chi connectivity index (χ4n) is 1.41. The second-order valence-electron chi connectivity index (χ2n) is 4.04. The largest absolute Gasteiger partial charge is 0.506 e. The van der Waals surface area contributed by atoms with E-state index in [1.165, 1.54) is 14.1 Å². The molecule has 0 bridgehead atoms. The van der Waals surface area contributed by atoms with Crippen LogP contribution in [0.25, 0.3) is 5.76 Å². The summed E-state index contributed by atoms with van der Waals surface area (Å²) in [5.74, 6) is -2.68. The summed E-state index contributed by atoms with van der Waals surface area (Å²) in [6.45, 7) is 0. The van der Waals surface area contributed by atoms with Gasteiger partial charge in [-0.1, -0.05) is 0 Å². The number of phenols is 2. The molecule has 102 valence electrons. The van der Waals surface area contributed by atoms with Crippen LogP contribution in [0.2, 0.25) is 0 Å². The molecule has 7 heteroatoms. The van der Waals surface area contributed by atoms with E-state index in [0.29, 0.717) is 0 Å². The van der Waals surface area contributed by atoms with Gasteiger partial charge < -0.3 is 20.2 Å². The third kappa shape index (κ3) is 2.62. The molecule has 1 aromatic rings. The van der Waals surface area contributed by atoms with Gasteiger partial charge in [-0.25, -0.2) is 0 Å². The molecule has 0 radical (unpaired) electrons. The Kier molecular flexibility index (Phi) is 4.19. The van der Waals surface area contributed by atoms with Crippen LogP contribution in [-0.2, 0) is 4.79 Å². The van der Waals surface area contributed by atoms with Crippen molar-refractivity contribution in [2.75, 3.05) is 14.1 Å². The molecule has 0 fully saturated rings.